The highest BCUT2D eigenvalue weighted by molar-refractivity contribution is 7.19. The van der Waals surface area contributed by atoms with Crippen LogP contribution in [0.2, 0.25) is 0 Å². The Bertz CT molecular complexity index is 339. The SMILES string of the molecule is CC(C)CN(CCC#N)c1ncc(N)s1. The number of hydrogen-bond acceptors (Lipinski definition) is 5. The standard InChI is InChI=1S/C10H16N4S/c1-8(2)7-14(5-3-4-11)10-13-6-9(12)15-10/h6,8H,3,5,7,12H2,1-2H3. The number of thiazole rings is 1. The minimum atomic E-state index is 0.520. The van der Waals surface area contributed by atoms with E-state index in [9.17, 15) is 0 Å². The van der Waals surface area contributed by atoms with Crippen LogP contribution in [-0.4, -0.2) is 18.1 Å². The van der Waals surface area contributed by atoms with E-state index in [1.54, 1.807) is 6.20 Å². The van der Waals surface area contributed by atoms with E-state index in [0.29, 0.717) is 12.3 Å². The van der Waals surface area contributed by atoms with Crippen LogP contribution < -0.4 is 10.6 Å². The van der Waals surface area contributed by atoms with Gasteiger partial charge in [-0.15, -0.1) is 0 Å². The summed E-state index contributed by atoms with van der Waals surface area (Å²) in [6, 6.07) is 2.15. The third-order valence-corrected chi connectivity index (χ3v) is 2.75. The molecule has 0 bridgehead atoms. The summed E-state index contributed by atoms with van der Waals surface area (Å²) in [7, 11) is 0. The van der Waals surface area contributed by atoms with Crippen molar-refractivity contribution >= 4 is 21.5 Å². The van der Waals surface area contributed by atoms with Crippen molar-refractivity contribution in [3.05, 3.63) is 6.20 Å². The van der Waals surface area contributed by atoms with Crippen LogP contribution in [0.15, 0.2) is 6.20 Å². The first-order valence-electron chi connectivity index (χ1n) is 4.96. The molecule has 0 saturated carbocycles. The fourth-order valence-corrected chi connectivity index (χ4v) is 2.03. The molecule has 0 aliphatic heterocycles. The van der Waals surface area contributed by atoms with E-state index in [1.165, 1.54) is 11.3 Å². The average Bonchev–Trinajstić information content (AvgIpc) is 2.58. The molecule has 2 N–H and O–H groups in total. The van der Waals surface area contributed by atoms with E-state index in [-0.39, 0.29) is 0 Å². The summed E-state index contributed by atoms with van der Waals surface area (Å²) in [5.41, 5.74) is 5.64. The molecular weight excluding hydrogens is 208 g/mol. The lowest BCUT2D eigenvalue weighted by Gasteiger charge is -2.22. The van der Waals surface area contributed by atoms with E-state index in [4.69, 9.17) is 11.0 Å². The Hall–Kier alpha value is -1.28. The first-order chi connectivity index (χ1) is 7.13. The molecule has 0 spiro atoms. The van der Waals surface area contributed by atoms with Crippen molar-refractivity contribution in [2.24, 2.45) is 5.92 Å². The molecule has 0 unspecified atom stereocenters. The van der Waals surface area contributed by atoms with E-state index in [2.05, 4.69) is 29.8 Å². The maximum Gasteiger partial charge on any atom is 0.187 e. The Balaban J connectivity index is 2.67. The molecule has 1 aromatic heterocycles. The van der Waals surface area contributed by atoms with Crippen molar-refractivity contribution in [3.63, 3.8) is 0 Å². The molecule has 0 radical (unpaired) electrons. The van der Waals surface area contributed by atoms with Gasteiger partial charge >= 0.3 is 0 Å². The van der Waals surface area contributed by atoms with Gasteiger partial charge in [0.15, 0.2) is 5.13 Å². The molecule has 1 heterocycles. The van der Waals surface area contributed by atoms with Crippen LogP contribution in [0.1, 0.15) is 20.3 Å². The largest absolute Gasteiger partial charge is 0.389 e. The van der Waals surface area contributed by atoms with Gasteiger partial charge in [-0.1, -0.05) is 25.2 Å². The minimum Gasteiger partial charge on any atom is -0.389 e. The Morgan fingerprint density at radius 3 is 2.87 bits per heavy atom. The third-order valence-electron chi connectivity index (χ3n) is 1.86. The highest BCUT2D eigenvalue weighted by atomic mass is 32.1. The summed E-state index contributed by atoms with van der Waals surface area (Å²) in [4.78, 5) is 6.35. The molecular formula is C10H16N4S. The molecule has 4 nitrogen and oxygen atoms in total. The number of nitrogen functional groups attached to an aromatic ring is 1. The second kappa shape index (κ2) is 5.56. The Kier molecular flexibility index (Phi) is 4.37. The molecule has 1 aromatic rings. The first-order valence-corrected chi connectivity index (χ1v) is 5.78. The van der Waals surface area contributed by atoms with Gasteiger partial charge in [-0.05, 0) is 5.92 Å². The monoisotopic (exact) mass is 224 g/mol. The van der Waals surface area contributed by atoms with Crippen molar-refractivity contribution in [2.75, 3.05) is 23.7 Å². The highest BCUT2D eigenvalue weighted by Gasteiger charge is 2.11. The Labute approximate surface area is 94.3 Å². The van der Waals surface area contributed by atoms with Crippen LogP contribution in [0, 0.1) is 17.2 Å². The third kappa shape index (κ3) is 3.76. The van der Waals surface area contributed by atoms with Gasteiger partial charge in [0.05, 0.1) is 18.7 Å². The summed E-state index contributed by atoms with van der Waals surface area (Å²) in [6.07, 6.45) is 2.19. The Morgan fingerprint density at radius 2 is 2.40 bits per heavy atom. The maximum absolute atomic E-state index is 8.58. The van der Waals surface area contributed by atoms with Crippen LogP contribution in [0.3, 0.4) is 0 Å². The molecule has 5 heteroatoms. The van der Waals surface area contributed by atoms with Gasteiger partial charge < -0.3 is 10.6 Å². The highest BCUT2D eigenvalue weighted by Crippen LogP contribution is 2.24. The summed E-state index contributed by atoms with van der Waals surface area (Å²) in [5.74, 6) is 0.550. The predicted molar refractivity (Wildman–Crippen MR) is 63.8 cm³/mol. The van der Waals surface area contributed by atoms with E-state index in [1.807, 2.05) is 0 Å². The molecule has 15 heavy (non-hydrogen) atoms. The topological polar surface area (TPSA) is 65.9 Å². The zero-order valence-corrected chi connectivity index (χ0v) is 9.92. The Morgan fingerprint density at radius 1 is 1.67 bits per heavy atom. The fraction of sp³-hybridized carbons (Fsp3) is 0.600. The second-order valence-electron chi connectivity index (χ2n) is 3.79. The normalized spacial score (nSPS) is 10.3. The van der Waals surface area contributed by atoms with Crippen LogP contribution >= 0.6 is 11.3 Å². The van der Waals surface area contributed by atoms with Crippen LogP contribution in [-0.2, 0) is 0 Å². The van der Waals surface area contributed by atoms with Gasteiger partial charge in [0.2, 0.25) is 0 Å². The van der Waals surface area contributed by atoms with Gasteiger partial charge in [-0.2, -0.15) is 5.26 Å². The second-order valence-corrected chi connectivity index (χ2v) is 4.83. The molecule has 0 aromatic carbocycles. The molecule has 0 atom stereocenters. The van der Waals surface area contributed by atoms with Crippen LogP contribution in [0.25, 0.3) is 0 Å². The summed E-state index contributed by atoms with van der Waals surface area (Å²) in [6.45, 7) is 5.93. The summed E-state index contributed by atoms with van der Waals surface area (Å²) >= 11 is 1.47. The molecule has 0 amide bonds. The quantitative estimate of drug-likeness (QED) is 0.831. The van der Waals surface area contributed by atoms with Crippen molar-refractivity contribution in [1.82, 2.24) is 4.98 Å². The van der Waals surface area contributed by atoms with Crippen LogP contribution in [0.5, 0.6) is 0 Å². The van der Waals surface area contributed by atoms with E-state index in [0.717, 1.165) is 23.2 Å². The lowest BCUT2D eigenvalue weighted by molar-refractivity contribution is 0.611. The number of rotatable bonds is 5. The first kappa shape index (κ1) is 11.8. The molecule has 0 aliphatic carbocycles. The van der Waals surface area contributed by atoms with Crippen molar-refractivity contribution in [3.8, 4) is 6.07 Å². The predicted octanol–water partition coefficient (Wildman–Crippen LogP) is 2.10. The van der Waals surface area contributed by atoms with Gasteiger partial charge in [-0.25, -0.2) is 4.98 Å². The number of nitrogens with two attached hydrogens (primary N) is 1. The lowest BCUT2D eigenvalue weighted by atomic mass is 10.2. The van der Waals surface area contributed by atoms with Gasteiger partial charge in [0.1, 0.15) is 5.00 Å². The smallest absolute Gasteiger partial charge is 0.187 e. The molecule has 82 valence electrons. The van der Waals surface area contributed by atoms with E-state index >= 15 is 0 Å². The number of anilines is 2. The zero-order chi connectivity index (χ0) is 11.3. The number of hydrogen-bond donors (Lipinski definition) is 1. The average molecular weight is 224 g/mol. The minimum absolute atomic E-state index is 0.520. The fourth-order valence-electron chi connectivity index (χ4n) is 1.31. The van der Waals surface area contributed by atoms with Crippen LogP contribution in [0.4, 0.5) is 10.1 Å². The number of nitrogens with zero attached hydrogens (tertiary/aromatic N) is 3. The zero-order valence-electron chi connectivity index (χ0n) is 9.10. The van der Waals surface area contributed by atoms with Gasteiger partial charge in [0.25, 0.3) is 0 Å². The lowest BCUT2D eigenvalue weighted by Crippen LogP contribution is -2.28. The molecule has 1 rings (SSSR count). The maximum atomic E-state index is 8.58. The van der Waals surface area contributed by atoms with Gasteiger partial charge in [-0.3, -0.25) is 0 Å². The van der Waals surface area contributed by atoms with E-state index < -0.39 is 0 Å². The van der Waals surface area contributed by atoms with Crippen molar-refractivity contribution in [1.29, 1.82) is 5.26 Å². The summed E-state index contributed by atoms with van der Waals surface area (Å²) in [5, 5.41) is 10.2. The van der Waals surface area contributed by atoms with Gasteiger partial charge in [0, 0.05) is 13.1 Å². The number of nitriles is 1. The van der Waals surface area contributed by atoms with Crippen molar-refractivity contribution < 1.29 is 0 Å². The number of aromatic nitrogens is 1. The molecule has 0 saturated heterocycles. The molecule has 0 aliphatic rings. The molecule has 0 fully saturated rings. The van der Waals surface area contributed by atoms with Crippen molar-refractivity contribution in [2.45, 2.75) is 20.3 Å². The summed E-state index contributed by atoms with van der Waals surface area (Å²) < 4.78 is 0.